The molecule has 1 fully saturated rings. The van der Waals surface area contributed by atoms with E-state index in [0.717, 1.165) is 31.2 Å². The Morgan fingerprint density at radius 3 is 2.58 bits per heavy atom. The number of amides is 1. The van der Waals surface area contributed by atoms with E-state index in [1.165, 1.54) is 0 Å². The lowest BCUT2D eigenvalue weighted by molar-refractivity contribution is -0.131. The summed E-state index contributed by atoms with van der Waals surface area (Å²) in [5.74, 6) is 0.103. The Hall–Kier alpha value is -1.42. The molecule has 1 amide bonds. The van der Waals surface area contributed by atoms with Gasteiger partial charge in [0.05, 0.1) is 13.0 Å². The molecule has 1 aliphatic carbocycles. The van der Waals surface area contributed by atoms with Crippen LogP contribution in [-0.4, -0.2) is 41.1 Å². The first kappa shape index (κ1) is 14.0. The second-order valence-corrected chi connectivity index (χ2v) is 5.65. The first-order valence-electron chi connectivity index (χ1n) is 6.89. The highest BCUT2D eigenvalue weighted by molar-refractivity contribution is 5.78. The molecule has 0 aliphatic heterocycles. The monoisotopic (exact) mass is 262 g/mol. The zero-order valence-corrected chi connectivity index (χ0v) is 11.5. The maximum atomic E-state index is 12.2. The number of pyridine rings is 1. The minimum Gasteiger partial charge on any atom is -0.396 e. The van der Waals surface area contributed by atoms with E-state index in [0.29, 0.717) is 13.0 Å². The second-order valence-electron chi connectivity index (χ2n) is 5.65. The number of aliphatic hydroxyl groups is 1. The number of rotatable bonds is 5. The molecule has 1 aromatic heterocycles. The van der Waals surface area contributed by atoms with Gasteiger partial charge in [-0.2, -0.15) is 0 Å². The summed E-state index contributed by atoms with van der Waals surface area (Å²) in [4.78, 5) is 17.9. The second kappa shape index (κ2) is 6.15. The molecule has 1 saturated carbocycles. The molecule has 1 heterocycles. The molecule has 0 saturated heterocycles. The van der Waals surface area contributed by atoms with E-state index in [-0.39, 0.29) is 17.9 Å². The number of hydrogen-bond acceptors (Lipinski definition) is 3. The molecule has 1 N–H and O–H groups in total. The van der Waals surface area contributed by atoms with Crippen LogP contribution < -0.4 is 0 Å². The van der Waals surface area contributed by atoms with Gasteiger partial charge in [0.25, 0.3) is 0 Å². The van der Waals surface area contributed by atoms with Crippen LogP contribution in [-0.2, 0) is 11.2 Å². The Morgan fingerprint density at radius 1 is 1.37 bits per heavy atom. The summed E-state index contributed by atoms with van der Waals surface area (Å²) in [6, 6.07) is 3.73. The van der Waals surface area contributed by atoms with Crippen molar-refractivity contribution in [2.45, 2.75) is 32.1 Å². The fourth-order valence-electron chi connectivity index (χ4n) is 2.89. The average molecular weight is 262 g/mol. The van der Waals surface area contributed by atoms with Gasteiger partial charge in [-0.1, -0.05) is 12.8 Å². The van der Waals surface area contributed by atoms with E-state index in [2.05, 4.69) is 4.98 Å². The summed E-state index contributed by atoms with van der Waals surface area (Å²) < 4.78 is 0. The maximum Gasteiger partial charge on any atom is 0.226 e. The third-order valence-electron chi connectivity index (χ3n) is 4.10. The fourth-order valence-corrected chi connectivity index (χ4v) is 2.89. The van der Waals surface area contributed by atoms with Crippen LogP contribution in [0.1, 0.15) is 31.2 Å². The van der Waals surface area contributed by atoms with E-state index < -0.39 is 0 Å². The third-order valence-corrected chi connectivity index (χ3v) is 4.10. The molecule has 104 valence electrons. The van der Waals surface area contributed by atoms with Gasteiger partial charge < -0.3 is 10.0 Å². The Kier molecular flexibility index (Phi) is 4.53. The summed E-state index contributed by atoms with van der Waals surface area (Å²) in [6.45, 7) is 0.841. The molecule has 0 bridgehead atoms. The summed E-state index contributed by atoms with van der Waals surface area (Å²) in [7, 11) is 1.83. The van der Waals surface area contributed by atoms with Crippen LogP contribution in [0.15, 0.2) is 24.5 Å². The van der Waals surface area contributed by atoms with E-state index in [1.807, 2.05) is 19.2 Å². The van der Waals surface area contributed by atoms with Crippen molar-refractivity contribution in [3.8, 4) is 0 Å². The van der Waals surface area contributed by atoms with Gasteiger partial charge in [0.15, 0.2) is 0 Å². The predicted molar refractivity (Wildman–Crippen MR) is 73.6 cm³/mol. The third kappa shape index (κ3) is 3.53. The van der Waals surface area contributed by atoms with Crippen molar-refractivity contribution in [1.82, 2.24) is 9.88 Å². The molecule has 1 aromatic rings. The Labute approximate surface area is 114 Å². The Balaban J connectivity index is 1.92. The van der Waals surface area contributed by atoms with E-state index in [1.54, 1.807) is 17.3 Å². The minimum atomic E-state index is -0.0668. The lowest BCUT2D eigenvalue weighted by Gasteiger charge is -2.31. The van der Waals surface area contributed by atoms with Gasteiger partial charge >= 0.3 is 0 Å². The van der Waals surface area contributed by atoms with Gasteiger partial charge in [0.1, 0.15) is 0 Å². The average Bonchev–Trinajstić information content (AvgIpc) is 2.89. The number of aliphatic hydroxyl groups excluding tert-OH is 1. The maximum absolute atomic E-state index is 12.2. The molecule has 0 spiro atoms. The molecule has 19 heavy (non-hydrogen) atoms. The molecule has 4 nitrogen and oxygen atoms in total. The van der Waals surface area contributed by atoms with Crippen LogP contribution in [0.25, 0.3) is 0 Å². The number of carbonyl (C=O) groups excluding carboxylic acids is 1. The van der Waals surface area contributed by atoms with Crippen LogP contribution in [0.2, 0.25) is 0 Å². The molecule has 2 rings (SSSR count). The largest absolute Gasteiger partial charge is 0.396 e. The summed E-state index contributed by atoms with van der Waals surface area (Å²) in [6.07, 6.45) is 8.18. The lowest BCUT2D eigenvalue weighted by Crippen LogP contribution is -2.40. The lowest BCUT2D eigenvalue weighted by atomic mass is 9.86. The zero-order valence-electron chi connectivity index (χ0n) is 11.5. The normalized spacial score (nSPS) is 17.4. The van der Waals surface area contributed by atoms with E-state index in [9.17, 15) is 9.90 Å². The molecule has 4 heteroatoms. The van der Waals surface area contributed by atoms with Crippen LogP contribution >= 0.6 is 0 Å². The zero-order chi connectivity index (χ0) is 13.7. The highest BCUT2D eigenvalue weighted by Crippen LogP contribution is 2.38. The number of likely N-dealkylation sites (N-methyl/N-ethyl adjacent to an activating group) is 1. The predicted octanol–water partition coefficient (Wildman–Crippen LogP) is 1.64. The molecular formula is C15H22N2O2. The first-order valence-corrected chi connectivity index (χ1v) is 6.89. The van der Waals surface area contributed by atoms with Gasteiger partial charge in [-0.05, 0) is 30.5 Å². The number of hydrogen-bond donors (Lipinski definition) is 1. The quantitative estimate of drug-likeness (QED) is 0.877. The van der Waals surface area contributed by atoms with Crippen LogP contribution in [0, 0.1) is 5.41 Å². The first-order chi connectivity index (χ1) is 9.15. The number of aromatic nitrogens is 1. The van der Waals surface area contributed by atoms with Crippen LogP contribution in [0.4, 0.5) is 0 Å². The SMILES string of the molecule is CN(CC1(CO)CCCC1)C(=O)Cc1ccncc1. The molecule has 0 unspecified atom stereocenters. The molecular weight excluding hydrogens is 240 g/mol. The van der Waals surface area contributed by atoms with Crippen LogP contribution in [0.5, 0.6) is 0 Å². The van der Waals surface area contributed by atoms with Crippen molar-refractivity contribution in [3.05, 3.63) is 30.1 Å². The molecule has 0 atom stereocenters. The van der Waals surface area contributed by atoms with E-state index in [4.69, 9.17) is 0 Å². The number of carbonyl (C=O) groups is 1. The smallest absolute Gasteiger partial charge is 0.226 e. The van der Waals surface area contributed by atoms with Gasteiger partial charge in [0, 0.05) is 31.4 Å². The van der Waals surface area contributed by atoms with Crippen molar-refractivity contribution >= 4 is 5.91 Å². The summed E-state index contributed by atoms with van der Waals surface area (Å²) >= 11 is 0. The van der Waals surface area contributed by atoms with Gasteiger partial charge in [-0.3, -0.25) is 9.78 Å². The van der Waals surface area contributed by atoms with Crippen molar-refractivity contribution in [3.63, 3.8) is 0 Å². The Bertz CT molecular complexity index is 413. The molecule has 0 radical (unpaired) electrons. The van der Waals surface area contributed by atoms with Crippen molar-refractivity contribution < 1.29 is 9.90 Å². The van der Waals surface area contributed by atoms with Gasteiger partial charge in [-0.25, -0.2) is 0 Å². The molecule has 0 aromatic carbocycles. The summed E-state index contributed by atoms with van der Waals surface area (Å²) in [5, 5.41) is 9.59. The van der Waals surface area contributed by atoms with Crippen LogP contribution in [0.3, 0.4) is 0 Å². The van der Waals surface area contributed by atoms with Crippen molar-refractivity contribution in [1.29, 1.82) is 0 Å². The van der Waals surface area contributed by atoms with Crippen molar-refractivity contribution in [2.24, 2.45) is 5.41 Å². The number of nitrogens with zero attached hydrogens (tertiary/aromatic N) is 2. The highest BCUT2D eigenvalue weighted by Gasteiger charge is 2.35. The summed E-state index contributed by atoms with van der Waals surface area (Å²) in [5.41, 5.74) is 0.916. The fraction of sp³-hybridized carbons (Fsp3) is 0.600. The minimum absolute atomic E-state index is 0.0668. The van der Waals surface area contributed by atoms with E-state index >= 15 is 0 Å². The highest BCUT2D eigenvalue weighted by atomic mass is 16.3. The standard InChI is InChI=1S/C15H22N2O2/c1-17(11-15(12-18)6-2-3-7-15)14(19)10-13-4-8-16-9-5-13/h4-5,8-9,18H,2-3,6-7,10-12H2,1H3. The molecule has 1 aliphatic rings. The topological polar surface area (TPSA) is 53.4 Å². The van der Waals surface area contributed by atoms with Gasteiger partial charge in [0.2, 0.25) is 5.91 Å². The van der Waals surface area contributed by atoms with Gasteiger partial charge in [-0.15, -0.1) is 0 Å². The van der Waals surface area contributed by atoms with Crippen molar-refractivity contribution in [2.75, 3.05) is 20.2 Å². The Morgan fingerprint density at radius 2 is 2.00 bits per heavy atom.